The Morgan fingerprint density at radius 2 is 1.91 bits per heavy atom. The molecule has 0 heterocycles. The number of carbonyl (C=O) groups excluding carboxylic acids is 1. The molecule has 0 spiro atoms. The summed E-state index contributed by atoms with van der Waals surface area (Å²) in [6, 6.07) is 9.76. The highest BCUT2D eigenvalue weighted by molar-refractivity contribution is 5.68. The molecule has 5 heteroatoms. The van der Waals surface area contributed by atoms with Crippen LogP contribution in [0.5, 0.6) is 0 Å². The van der Waals surface area contributed by atoms with E-state index in [-0.39, 0.29) is 6.04 Å². The summed E-state index contributed by atoms with van der Waals surface area (Å²) in [4.78, 5) is 11.9. The third-order valence-electron chi connectivity index (χ3n) is 3.04. The number of aliphatic hydroxyl groups excluding tert-OH is 1. The third kappa shape index (κ3) is 9.01. The van der Waals surface area contributed by atoms with Crippen LogP contribution in [0.15, 0.2) is 42.5 Å². The smallest absolute Gasteiger partial charge is 0.408 e. The van der Waals surface area contributed by atoms with Crippen LogP contribution in [-0.4, -0.2) is 36.2 Å². The Hall–Kier alpha value is -1.85. The van der Waals surface area contributed by atoms with E-state index in [2.05, 4.69) is 5.32 Å². The molecule has 128 valence electrons. The highest BCUT2D eigenvalue weighted by Crippen LogP contribution is 2.10. The molecule has 0 fully saturated rings. The van der Waals surface area contributed by atoms with Crippen LogP contribution in [0.1, 0.15) is 32.8 Å². The van der Waals surface area contributed by atoms with Crippen LogP contribution in [0.25, 0.3) is 0 Å². The second-order valence-corrected chi connectivity index (χ2v) is 6.29. The number of rotatable bonds is 7. The molecule has 0 aliphatic carbocycles. The summed E-state index contributed by atoms with van der Waals surface area (Å²) in [5, 5.41) is 12.3. The minimum atomic E-state index is -0.991. The Morgan fingerprint density at radius 3 is 2.48 bits per heavy atom. The van der Waals surface area contributed by atoms with Crippen LogP contribution in [0.2, 0.25) is 0 Å². The van der Waals surface area contributed by atoms with E-state index in [9.17, 15) is 9.90 Å². The van der Waals surface area contributed by atoms with Gasteiger partial charge >= 0.3 is 6.09 Å². The topological polar surface area (TPSA) is 67.8 Å². The van der Waals surface area contributed by atoms with E-state index < -0.39 is 18.0 Å². The molecule has 1 aromatic rings. The lowest BCUT2D eigenvalue weighted by molar-refractivity contribution is -0.0359. The van der Waals surface area contributed by atoms with E-state index in [1.54, 1.807) is 6.08 Å². The Kier molecular flexibility index (Phi) is 7.78. The van der Waals surface area contributed by atoms with Gasteiger partial charge in [0.15, 0.2) is 6.29 Å². The summed E-state index contributed by atoms with van der Waals surface area (Å²) in [5.74, 6) is 0. The number of amides is 1. The van der Waals surface area contributed by atoms with Crippen molar-refractivity contribution >= 4 is 6.09 Å². The first-order valence-corrected chi connectivity index (χ1v) is 7.73. The maximum atomic E-state index is 11.9. The lowest BCUT2D eigenvalue weighted by Crippen LogP contribution is -2.38. The van der Waals surface area contributed by atoms with Gasteiger partial charge in [0.2, 0.25) is 0 Å². The van der Waals surface area contributed by atoms with Gasteiger partial charge in [-0.3, -0.25) is 0 Å². The molecule has 23 heavy (non-hydrogen) atoms. The van der Waals surface area contributed by atoms with Crippen molar-refractivity contribution in [1.29, 1.82) is 0 Å². The first-order valence-electron chi connectivity index (χ1n) is 7.73. The highest BCUT2D eigenvalue weighted by Gasteiger charge is 2.18. The molecule has 1 aromatic carbocycles. The maximum Gasteiger partial charge on any atom is 0.408 e. The Bertz CT molecular complexity index is 493. The maximum absolute atomic E-state index is 11.9. The van der Waals surface area contributed by atoms with E-state index in [1.807, 2.05) is 51.1 Å². The zero-order valence-corrected chi connectivity index (χ0v) is 14.3. The van der Waals surface area contributed by atoms with Crippen LogP contribution in [0.4, 0.5) is 4.79 Å². The molecular formula is C18H27NO4. The van der Waals surface area contributed by atoms with Gasteiger partial charge in [0.1, 0.15) is 5.60 Å². The molecule has 2 atom stereocenters. The van der Waals surface area contributed by atoms with Crippen molar-refractivity contribution < 1.29 is 19.4 Å². The molecule has 0 bridgehead atoms. The average molecular weight is 321 g/mol. The van der Waals surface area contributed by atoms with E-state index in [0.717, 1.165) is 6.42 Å². The zero-order valence-electron chi connectivity index (χ0n) is 14.3. The minimum absolute atomic E-state index is 0.255. The average Bonchev–Trinajstić information content (AvgIpc) is 2.48. The number of hydrogen-bond acceptors (Lipinski definition) is 4. The van der Waals surface area contributed by atoms with Crippen molar-refractivity contribution in [3.8, 4) is 0 Å². The number of aliphatic hydroxyl groups is 1. The van der Waals surface area contributed by atoms with Crippen molar-refractivity contribution in [1.82, 2.24) is 5.32 Å². The molecular weight excluding hydrogens is 294 g/mol. The number of aryl methyl sites for hydroxylation is 1. The summed E-state index contributed by atoms with van der Waals surface area (Å²) < 4.78 is 10.0. The molecule has 5 nitrogen and oxygen atoms in total. The highest BCUT2D eigenvalue weighted by atomic mass is 16.6. The number of ether oxygens (including phenoxy) is 2. The first kappa shape index (κ1) is 19.2. The first-order chi connectivity index (χ1) is 10.8. The quantitative estimate of drug-likeness (QED) is 0.598. The fourth-order valence-electron chi connectivity index (χ4n) is 1.95. The molecule has 1 amide bonds. The third-order valence-corrected chi connectivity index (χ3v) is 3.04. The number of methoxy groups -OCH3 is 1. The van der Waals surface area contributed by atoms with Crippen molar-refractivity contribution in [2.75, 3.05) is 7.11 Å². The summed E-state index contributed by atoms with van der Waals surface area (Å²) in [7, 11) is 1.41. The van der Waals surface area contributed by atoms with E-state index >= 15 is 0 Å². The summed E-state index contributed by atoms with van der Waals surface area (Å²) in [6.45, 7) is 5.45. The van der Waals surface area contributed by atoms with E-state index in [0.29, 0.717) is 6.42 Å². The van der Waals surface area contributed by atoms with Crippen molar-refractivity contribution in [3.05, 3.63) is 48.0 Å². The summed E-state index contributed by atoms with van der Waals surface area (Å²) in [6.07, 6.45) is 3.25. The summed E-state index contributed by atoms with van der Waals surface area (Å²) >= 11 is 0. The lowest BCUT2D eigenvalue weighted by Gasteiger charge is -2.22. The fourth-order valence-corrected chi connectivity index (χ4v) is 1.95. The Morgan fingerprint density at radius 1 is 1.26 bits per heavy atom. The van der Waals surface area contributed by atoms with E-state index in [1.165, 1.54) is 18.7 Å². The van der Waals surface area contributed by atoms with Gasteiger partial charge in [-0.2, -0.15) is 0 Å². The second-order valence-electron chi connectivity index (χ2n) is 6.29. The number of hydrogen-bond donors (Lipinski definition) is 2. The monoisotopic (exact) mass is 321 g/mol. The molecule has 0 saturated heterocycles. The number of nitrogens with one attached hydrogen (secondary N) is 1. The number of alkyl carbamates (subject to hydrolysis) is 1. The molecule has 0 radical (unpaired) electrons. The van der Waals surface area contributed by atoms with Crippen LogP contribution in [-0.2, 0) is 15.9 Å². The Balaban J connectivity index is 2.64. The second kappa shape index (κ2) is 9.33. The SMILES string of the molecule is COC(O)/C=C/[C@H](CCc1ccccc1)NC(=O)OC(C)(C)C. The van der Waals surface area contributed by atoms with Gasteiger partial charge in [-0.1, -0.05) is 36.4 Å². The van der Waals surface area contributed by atoms with Crippen LogP contribution >= 0.6 is 0 Å². The molecule has 0 aliphatic rings. The fraction of sp³-hybridized carbons (Fsp3) is 0.500. The van der Waals surface area contributed by atoms with Crippen LogP contribution < -0.4 is 5.32 Å². The summed E-state index contributed by atoms with van der Waals surface area (Å²) in [5.41, 5.74) is 0.633. The minimum Gasteiger partial charge on any atom is -0.444 e. The lowest BCUT2D eigenvalue weighted by atomic mass is 10.0. The largest absolute Gasteiger partial charge is 0.444 e. The molecule has 1 rings (SSSR count). The predicted octanol–water partition coefficient (Wildman–Crippen LogP) is 3.03. The van der Waals surface area contributed by atoms with Gasteiger partial charge in [-0.05, 0) is 45.3 Å². The van der Waals surface area contributed by atoms with Gasteiger partial charge in [0.25, 0.3) is 0 Å². The van der Waals surface area contributed by atoms with Crippen LogP contribution in [0, 0.1) is 0 Å². The van der Waals surface area contributed by atoms with Gasteiger partial charge < -0.3 is 19.9 Å². The van der Waals surface area contributed by atoms with Gasteiger partial charge in [-0.25, -0.2) is 4.79 Å². The Labute approximate surface area is 138 Å². The van der Waals surface area contributed by atoms with Crippen LogP contribution in [0.3, 0.4) is 0 Å². The zero-order chi connectivity index (χ0) is 17.3. The van der Waals surface area contributed by atoms with Gasteiger partial charge in [-0.15, -0.1) is 0 Å². The van der Waals surface area contributed by atoms with Crippen molar-refractivity contribution in [3.63, 3.8) is 0 Å². The number of carbonyl (C=O) groups is 1. The van der Waals surface area contributed by atoms with E-state index in [4.69, 9.17) is 9.47 Å². The molecule has 0 aliphatic heterocycles. The number of benzene rings is 1. The van der Waals surface area contributed by atoms with Gasteiger partial charge in [0, 0.05) is 7.11 Å². The van der Waals surface area contributed by atoms with Crippen molar-refractivity contribution in [2.24, 2.45) is 0 Å². The normalized spacial score (nSPS) is 14.5. The molecule has 2 N–H and O–H groups in total. The predicted molar refractivity (Wildman–Crippen MR) is 90.1 cm³/mol. The molecule has 1 unspecified atom stereocenters. The van der Waals surface area contributed by atoms with Crippen molar-refractivity contribution in [2.45, 2.75) is 51.5 Å². The molecule has 0 saturated carbocycles. The standard InChI is InChI=1S/C18H27NO4/c1-18(2,3)23-17(21)19-15(12-13-16(20)22-4)11-10-14-8-6-5-7-9-14/h5-9,12-13,15-16,20H,10-11H2,1-4H3,(H,19,21)/b13-12+/t15-,16?/m0/s1. The molecule has 0 aromatic heterocycles. The van der Waals surface area contributed by atoms with Gasteiger partial charge in [0.05, 0.1) is 6.04 Å².